The average molecular weight is 299 g/mol. The lowest BCUT2D eigenvalue weighted by Crippen LogP contribution is -2.33. The molecular formula is C14H19ClN2OS. The van der Waals surface area contributed by atoms with E-state index in [2.05, 4.69) is 5.32 Å². The van der Waals surface area contributed by atoms with E-state index in [-0.39, 0.29) is 5.91 Å². The van der Waals surface area contributed by atoms with Crippen molar-refractivity contribution in [3.05, 3.63) is 28.8 Å². The van der Waals surface area contributed by atoms with E-state index in [1.165, 1.54) is 0 Å². The molecule has 1 aliphatic heterocycles. The van der Waals surface area contributed by atoms with Gasteiger partial charge >= 0.3 is 0 Å². The van der Waals surface area contributed by atoms with Gasteiger partial charge in [-0.15, -0.1) is 0 Å². The summed E-state index contributed by atoms with van der Waals surface area (Å²) in [5.41, 5.74) is 1.55. The van der Waals surface area contributed by atoms with Crippen molar-refractivity contribution in [2.75, 3.05) is 36.5 Å². The number of rotatable bonds is 3. The highest BCUT2D eigenvalue weighted by Crippen LogP contribution is 2.23. The van der Waals surface area contributed by atoms with Crippen molar-refractivity contribution in [2.45, 2.75) is 13.3 Å². The molecule has 19 heavy (non-hydrogen) atoms. The summed E-state index contributed by atoms with van der Waals surface area (Å²) in [7, 11) is 0. The molecule has 1 N–H and O–H groups in total. The fourth-order valence-corrected chi connectivity index (χ4v) is 3.22. The Bertz CT molecular complexity index is 445. The van der Waals surface area contributed by atoms with Gasteiger partial charge in [0.25, 0.3) is 5.91 Å². The zero-order valence-corrected chi connectivity index (χ0v) is 12.7. The van der Waals surface area contributed by atoms with Crippen molar-refractivity contribution in [3.8, 4) is 0 Å². The molecular weight excluding hydrogens is 280 g/mol. The van der Waals surface area contributed by atoms with Crippen LogP contribution in [0.3, 0.4) is 0 Å². The molecule has 0 spiro atoms. The zero-order chi connectivity index (χ0) is 13.7. The molecule has 104 valence electrons. The lowest BCUT2D eigenvalue weighted by Gasteiger charge is -2.22. The molecule has 1 amide bonds. The van der Waals surface area contributed by atoms with E-state index in [1.807, 2.05) is 35.7 Å². The molecule has 0 saturated carbocycles. The van der Waals surface area contributed by atoms with Crippen molar-refractivity contribution < 1.29 is 4.79 Å². The van der Waals surface area contributed by atoms with Crippen molar-refractivity contribution in [3.63, 3.8) is 0 Å². The highest BCUT2D eigenvalue weighted by Gasteiger charge is 2.20. The summed E-state index contributed by atoms with van der Waals surface area (Å²) in [6.45, 7) is 4.47. The van der Waals surface area contributed by atoms with Crippen molar-refractivity contribution >= 4 is 35.0 Å². The van der Waals surface area contributed by atoms with Crippen LogP contribution in [0.4, 0.5) is 5.69 Å². The Kier molecular flexibility index (Phi) is 5.40. The minimum Gasteiger partial charge on any atom is -0.385 e. The Morgan fingerprint density at radius 2 is 2.26 bits per heavy atom. The van der Waals surface area contributed by atoms with Gasteiger partial charge in [-0.3, -0.25) is 4.79 Å². The maximum absolute atomic E-state index is 12.6. The molecule has 5 heteroatoms. The molecule has 0 aromatic heterocycles. The molecule has 1 fully saturated rings. The molecule has 1 heterocycles. The van der Waals surface area contributed by atoms with Crippen molar-refractivity contribution in [1.82, 2.24) is 4.90 Å². The number of amides is 1. The fourth-order valence-electron chi connectivity index (χ4n) is 2.16. The van der Waals surface area contributed by atoms with Crippen LogP contribution < -0.4 is 5.32 Å². The van der Waals surface area contributed by atoms with Crippen LogP contribution in [0.1, 0.15) is 23.7 Å². The second-order valence-corrected chi connectivity index (χ2v) is 6.14. The van der Waals surface area contributed by atoms with E-state index in [9.17, 15) is 4.79 Å². The summed E-state index contributed by atoms with van der Waals surface area (Å²) in [5.74, 6) is 2.24. The van der Waals surface area contributed by atoms with E-state index in [4.69, 9.17) is 11.6 Å². The third kappa shape index (κ3) is 3.80. The molecule has 1 aliphatic rings. The number of nitrogens with zero attached hydrogens (tertiary/aromatic N) is 1. The van der Waals surface area contributed by atoms with Crippen LogP contribution in [-0.4, -0.2) is 41.9 Å². The number of carbonyl (C=O) groups excluding carboxylic acids is 1. The zero-order valence-electron chi connectivity index (χ0n) is 11.1. The molecule has 1 aromatic rings. The van der Waals surface area contributed by atoms with E-state index < -0.39 is 0 Å². The van der Waals surface area contributed by atoms with Crippen LogP contribution in [0, 0.1) is 0 Å². The Hall–Kier alpha value is -0.870. The van der Waals surface area contributed by atoms with Crippen LogP contribution in [0.2, 0.25) is 5.02 Å². The van der Waals surface area contributed by atoms with Gasteiger partial charge in [0.2, 0.25) is 0 Å². The number of hydrogen-bond acceptors (Lipinski definition) is 3. The van der Waals surface area contributed by atoms with E-state index in [0.717, 1.165) is 43.2 Å². The Morgan fingerprint density at radius 3 is 3.05 bits per heavy atom. The molecule has 0 radical (unpaired) electrons. The van der Waals surface area contributed by atoms with Gasteiger partial charge in [-0.1, -0.05) is 11.6 Å². The number of nitrogens with one attached hydrogen (secondary N) is 1. The van der Waals surface area contributed by atoms with Gasteiger partial charge in [0.1, 0.15) is 0 Å². The van der Waals surface area contributed by atoms with Gasteiger partial charge in [-0.25, -0.2) is 0 Å². The van der Waals surface area contributed by atoms with Crippen LogP contribution in [0.5, 0.6) is 0 Å². The number of thioether (sulfide) groups is 1. The minimum absolute atomic E-state index is 0.0842. The standard InChI is InChI=1S/C14H19ClN2OS/c1-2-16-13-5-4-11(15)10-12(13)14(18)17-6-3-8-19-9-7-17/h4-5,10,16H,2-3,6-9H2,1H3. The number of halogens is 1. The second-order valence-electron chi connectivity index (χ2n) is 4.48. The van der Waals surface area contributed by atoms with Gasteiger partial charge in [0.15, 0.2) is 0 Å². The highest BCUT2D eigenvalue weighted by molar-refractivity contribution is 7.99. The third-order valence-electron chi connectivity index (χ3n) is 3.09. The first kappa shape index (κ1) is 14.5. The maximum atomic E-state index is 12.6. The predicted octanol–water partition coefficient (Wildman–Crippen LogP) is 3.35. The SMILES string of the molecule is CCNc1ccc(Cl)cc1C(=O)N1CCCSCC1. The number of anilines is 1. The highest BCUT2D eigenvalue weighted by atomic mass is 35.5. The normalized spacial score (nSPS) is 16.0. The largest absolute Gasteiger partial charge is 0.385 e. The summed E-state index contributed by atoms with van der Waals surface area (Å²) in [6, 6.07) is 5.46. The average Bonchev–Trinajstić information content (AvgIpc) is 2.69. The Labute approximate surface area is 123 Å². The lowest BCUT2D eigenvalue weighted by atomic mass is 10.1. The smallest absolute Gasteiger partial charge is 0.256 e. The molecule has 0 bridgehead atoms. The topological polar surface area (TPSA) is 32.3 Å². The predicted molar refractivity (Wildman–Crippen MR) is 83.5 cm³/mol. The van der Waals surface area contributed by atoms with Crippen LogP contribution in [0.25, 0.3) is 0 Å². The molecule has 0 atom stereocenters. The fraction of sp³-hybridized carbons (Fsp3) is 0.500. The summed E-state index contributed by atoms with van der Waals surface area (Å²) in [4.78, 5) is 14.6. The summed E-state index contributed by atoms with van der Waals surface area (Å²) in [5, 5.41) is 3.83. The third-order valence-corrected chi connectivity index (χ3v) is 4.37. The Morgan fingerprint density at radius 1 is 1.42 bits per heavy atom. The first-order chi connectivity index (χ1) is 9.22. The van der Waals surface area contributed by atoms with Crippen LogP contribution >= 0.6 is 23.4 Å². The molecule has 2 rings (SSSR count). The molecule has 1 saturated heterocycles. The van der Waals surface area contributed by atoms with Gasteiger partial charge in [0, 0.05) is 36.1 Å². The van der Waals surface area contributed by atoms with Crippen LogP contribution in [-0.2, 0) is 0 Å². The van der Waals surface area contributed by atoms with E-state index >= 15 is 0 Å². The Balaban J connectivity index is 2.23. The van der Waals surface area contributed by atoms with Crippen LogP contribution in [0.15, 0.2) is 18.2 Å². The molecule has 0 aliphatic carbocycles. The summed E-state index contributed by atoms with van der Waals surface area (Å²) < 4.78 is 0. The van der Waals surface area contributed by atoms with Crippen molar-refractivity contribution in [2.24, 2.45) is 0 Å². The molecule has 0 unspecified atom stereocenters. The minimum atomic E-state index is 0.0842. The van der Waals surface area contributed by atoms with Gasteiger partial charge in [-0.2, -0.15) is 11.8 Å². The number of hydrogen-bond donors (Lipinski definition) is 1. The lowest BCUT2D eigenvalue weighted by molar-refractivity contribution is 0.0769. The summed E-state index contributed by atoms with van der Waals surface area (Å²) >= 11 is 7.94. The monoisotopic (exact) mass is 298 g/mol. The van der Waals surface area contributed by atoms with Gasteiger partial charge in [0.05, 0.1) is 5.56 Å². The first-order valence-electron chi connectivity index (χ1n) is 6.63. The van der Waals surface area contributed by atoms with Crippen molar-refractivity contribution in [1.29, 1.82) is 0 Å². The second kappa shape index (κ2) is 7.06. The number of carbonyl (C=O) groups is 1. The summed E-state index contributed by atoms with van der Waals surface area (Å²) in [6.07, 6.45) is 1.06. The van der Waals surface area contributed by atoms with E-state index in [1.54, 1.807) is 6.07 Å². The van der Waals surface area contributed by atoms with Gasteiger partial charge in [-0.05, 0) is 37.3 Å². The van der Waals surface area contributed by atoms with Gasteiger partial charge < -0.3 is 10.2 Å². The first-order valence-corrected chi connectivity index (χ1v) is 8.16. The maximum Gasteiger partial charge on any atom is 0.256 e. The molecule has 1 aromatic carbocycles. The molecule has 3 nitrogen and oxygen atoms in total. The number of benzene rings is 1. The van der Waals surface area contributed by atoms with E-state index in [0.29, 0.717) is 10.6 Å². The quantitative estimate of drug-likeness (QED) is 0.929.